The number of nitrogens with zero attached hydrogens (tertiary/aromatic N) is 2. The van der Waals surface area contributed by atoms with Crippen molar-refractivity contribution < 1.29 is 4.79 Å². The van der Waals surface area contributed by atoms with Gasteiger partial charge in [0, 0.05) is 5.56 Å². The molecule has 6 heteroatoms. The lowest BCUT2D eigenvalue weighted by molar-refractivity contribution is 0.102. The van der Waals surface area contributed by atoms with E-state index in [9.17, 15) is 4.79 Å². The highest BCUT2D eigenvalue weighted by molar-refractivity contribution is 7.08. The predicted molar refractivity (Wildman–Crippen MR) is 84.4 cm³/mol. The van der Waals surface area contributed by atoms with Gasteiger partial charge < -0.3 is 11.1 Å². The molecule has 0 saturated heterocycles. The first kappa shape index (κ1) is 15.2. The summed E-state index contributed by atoms with van der Waals surface area (Å²) in [7, 11) is 0. The zero-order valence-electron chi connectivity index (χ0n) is 11.9. The maximum atomic E-state index is 12.3. The van der Waals surface area contributed by atoms with Crippen LogP contribution in [0.5, 0.6) is 0 Å². The number of hydrogen-bond acceptors (Lipinski definition) is 5. The van der Waals surface area contributed by atoms with Crippen molar-refractivity contribution >= 4 is 23.1 Å². The standard InChI is InChI=1S/C15H16N4OS/c1-3-12-14(21-19-18-12)15(20)17-13-7-6-10(2)9-11(13)5-4-8-16/h6-7,9H,3,8,16H2,1-2H3,(H,17,20). The molecule has 0 unspecified atom stereocenters. The Morgan fingerprint density at radius 2 is 2.29 bits per heavy atom. The number of benzene rings is 1. The Balaban J connectivity index is 2.29. The van der Waals surface area contributed by atoms with Crippen molar-refractivity contribution in [3.8, 4) is 11.8 Å². The molecule has 21 heavy (non-hydrogen) atoms. The van der Waals surface area contributed by atoms with Crippen molar-refractivity contribution in [2.45, 2.75) is 20.3 Å². The van der Waals surface area contributed by atoms with Crippen molar-refractivity contribution in [2.24, 2.45) is 5.73 Å². The van der Waals surface area contributed by atoms with Gasteiger partial charge in [-0.15, -0.1) is 5.10 Å². The van der Waals surface area contributed by atoms with Crippen LogP contribution in [0.1, 0.15) is 33.4 Å². The molecule has 2 rings (SSSR count). The lowest BCUT2D eigenvalue weighted by Gasteiger charge is -2.07. The van der Waals surface area contributed by atoms with Crippen molar-refractivity contribution in [3.05, 3.63) is 39.9 Å². The monoisotopic (exact) mass is 300 g/mol. The van der Waals surface area contributed by atoms with Crippen molar-refractivity contribution in [1.82, 2.24) is 9.59 Å². The van der Waals surface area contributed by atoms with E-state index in [-0.39, 0.29) is 12.5 Å². The minimum Gasteiger partial charge on any atom is -0.320 e. The first-order chi connectivity index (χ1) is 10.2. The Morgan fingerprint density at radius 3 is 3.00 bits per heavy atom. The van der Waals surface area contributed by atoms with Gasteiger partial charge in [0.05, 0.1) is 17.9 Å². The minimum absolute atomic E-state index is 0.207. The third-order valence-electron chi connectivity index (χ3n) is 2.85. The SMILES string of the molecule is CCc1nnsc1C(=O)Nc1ccc(C)cc1C#CCN. The summed E-state index contributed by atoms with van der Waals surface area (Å²) in [6.45, 7) is 4.19. The highest BCUT2D eigenvalue weighted by atomic mass is 32.1. The Kier molecular flexibility index (Phi) is 5.04. The molecule has 1 aromatic heterocycles. The molecule has 0 atom stereocenters. The molecule has 0 aliphatic heterocycles. The van der Waals surface area contributed by atoms with E-state index in [2.05, 4.69) is 26.7 Å². The fourth-order valence-corrected chi connectivity index (χ4v) is 2.45. The fraction of sp³-hybridized carbons (Fsp3) is 0.267. The number of anilines is 1. The molecule has 0 fully saturated rings. The average Bonchev–Trinajstić information content (AvgIpc) is 2.96. The average molecular weight is 300 g/mol. The molecule has 5 nitrogen and oxygen atoms in total. The predicted octanol–water partition coefficient (Wildman–Crippen LogP) is 1.97. The second-order valence-corrected chi connectivity index (χ2v) is 5.17. The third-order valence-corrected chi connectivity index (χ3v) is 3.61. The molecule has 3 N–H and O–H groups in total. The Labute approximate surface area is 127 Å². The van der Waals surface area contributed by atoms with E-state index in [4.69, 9.17) is 5.73 Å². The van der Waals surface area contributed by atoms with E-state index in [0.29, 0.717) is 22.7 Å². The molecule has 108 valence electrons. The molecular formula is C15H16N4OS. The number of aromatic nitrogens is 2. The van der Waals surface area contributed by atoms with Gasteiger partial charge in [-0.25, -0.2) is 0 Å². The summed E-state index contributed by atoms with van der Waals surface area (Å²) in [5.41, 5.74) is 8.61. The second kappa shape index (κ2) is 6.97. The number of nitrogens with one attached hydrogen (secondary N) is 1. The van der Waals surface area contributed by atoms with Crippen molar-refractivity contribution in [2.75, 3.05) is 11.9 Å². The molecule has 0 spiro atoms. The molecule has 0 bridgehead atoms. The molecule has 1 aromatic carbocycles. The Bertz CT molecular complexity index is 712. The van der Waals surface area contributed by atoms with E-state index >= 15 is 0 Å². The summed E-state index contributed by atoms with van der Waals surface area (Å²) in [4.78, 5) is 12.9. The van der Waals surface area contributed by atoms with Gasteiger partial charge in [0.1, 0.15) is 4.88 Å². The summed E-state index contributed by atoms with van der Waals surface area (Å²) >= 11 is 1.10. The van der Waals surface area contributed by atoms with Crippen LogP contribution in [0.4, 0.5) is 5.69 Å². The molecule has 0 radical (unpaired) electrons. The quantitative estimate of drug-likeness (QED) is 0.849. The molecule has 2 aromatic rings. The van der Waals surface area contributed by atoms with Gasteiger partial charge in [0.15, 0.2) is 0 Å². The molecule has 1 amide bonds. The Morgan fingerprint density at radius 1 is 1.48 bits per heavy atom. The van der Waals surface area contributed by atoms with Crippen LogP contribution >= 0.6 is 11.5 Å². The van der Waals surface area contributed by atoms with E-state index in [0.717, 1.165) is 22.7 Å². The largest absolute Gasteiger partial charge is 0.320 e. The summed E-state index contributed by atoms with van der Waals surface area (Å²) in [5, 5.41) is 6.82. The molecule has 1 heterocycles. The van der Waals surface area contributed by atoms with E-state index in [1.165, 1.54) is 0 Å². The number of carbonyl (C=O) groups is 1. The van der Waals surface area contributed by atoms with Crippen molar-refractivity contribution in [3.63, 3.8) is 0 Å². The maximum absolute atomic E-state index is 12.3. The van der Waals surface area contributed by atoms with Gasteiger partial charge in [-0.05, 0) is 42.6 Å². The van der Waals surface area contributed by atoms with Gasteiger partial charge in [-0.2, -0.15) is 0 Å². The number of aryl methyl sites for hydroxylation is 2. The van der Waals surface area contributed by atoms with Crippen molar-refractivity contribution in [1.29, 1.82) is 0 Å². The van der Waals surface area contributed by atoms with Crippen LogP contribution in [0.25, 0.3) is 0 Å². The third kappa shape index (κ3) is 3.66. The van der Waals surface area contributed by atoms with Crippen LogP contribution in [-0.2, 0) is 6.42 Å². The lowest BCUT2D eigenvalue weighted by atomic mass is 10.1. The zero-order valence-corrected chi connectivity index (χ0v) is 12.8. The van der Waals surface area contributed by atoms with E-state index < -0.39 is 0 Å². The van der Waals surface area contributed by atoms with Gasteiger partial charge >= 0.3 is 0 Å². The van der Waals surface area contributed by atoms with E-state index in [1.54, 1.807) is 0 Å². The molecule has 0 aliphatic rings. The molecule has 0 saturated carbocycles. The van der Waals surface area contributed by atoms with Crippen LogP contribution in [0.2, 0.25) is 0 Å². The maximum Gasteiger partial charge on any atom is 0.269 e. The van der Waals surface area contributed by atoms with Gasteiger partial charge in [0.25, 0.3) is 5.91 Å². The van der Waals surface area contributed by atoms with Crippen LogP contribution in [0, 0.1) is 18.8 Å². The summed E-state index contributed by atoms with van der Waals surface area (Å²) in [5.74, 6) is 5.58. The summed E-state index contributed by atoms with van der Waals surface area (Å²) < 4.78 is 3.83. The fourth-order valence-electron chi connectivity index (χ4n) is 1.81. The zero-order chi connectivity index (χ0) is 15.2. The number of carbonyl (C=O) groups excluding carboxylic acids is 1. The summed E-state index contributed by atoms with van der Waals surface area (Å²) in [6.07, 6.45) is 0.674. The number of amides is 1. The first-order valence-electron chi connectivity index (χ1n) is 6.57. The first-order valence-corrected chi connectivity index (χ1v) is 7.35. The van der Waals surface area contributed by atoms with Crippen LogP contribution in [-0.4, -0.2) is 22.0 Å². The minimum atomic E-state index is -0.207. The number of hydrogen-bond donors (Lipinski definition) is 2. The normalized spacial score (nSPS) is 9.86. The van der Waals surface area contributed by atoms with Gasteiger partial charge in [0.2, 0.25) is 0 Å². The van der Waals surface area contributed by atoms with Gasteiger partial charge in [-0.1, -0.05) is 29.3 Å². The highest BCUT2D eigenvalue weighted by Crippen LogP contribution is 2.19. The van der Waals surface area contributed by atoms with Crippen LogP contribution < -0.4 is 11.1 Å². The van der Waals surface area contributed by atoms with Crippen LogP contribution in [0.15, 0.2) is 18.2 Å². The molecule has 0 aliphatic carbocycles. The highest BCUT2D eigenvalue weighted by Gasteiger charge is 2.16. The second-order valence-electron chi connectivity index (χ2n) is 4.41. The smallest absolute Gasteiger partial charge is 0.269 e. The number of nitrogens with two attached hydrogens (primary N) is 1. The lowest BCUT2D eigenvalue weighted by Crippen LogP contribution is -2.13. The van der Waals surface area contributed by atoms with Crippen LogP contribution in [0.3, 0.4) is 0 Å². The van der Waals surface area contributed by atoms with E-state index in [1.807, 2.05) is 32.0 Å². The Hall–Kier alpha value is -2.23. The summed E-state index contributed by atoms with van der Waals surface area (Å²) in [6, 6.07) is 5.69. The topological polar surface area (TPSA) is 80.9 Å². The molecular weight excluding hydrogens is 284 g/mol. The van der Waals surface area contributed by atoms with Gasteiger partial charge in [-0.3, -0.25) is 4.79 Å². The number of rotatable bonds is 3.